The van der Waals surface area contributed by atoms with Crippen molar-refractivity contribution in [3.05, 3.63) is 59.7 Å². The maximum Gasteiger partial charge on any atom is 0.264 e. The SMILES string of the molecule is CCCC(C)NC(=O)c1ccc(C)c(N(C)S(=O)(=O)c2ccccc2)c1. The molecule has 0 bridgehead atoms. The highest BCUT2D eigenvalue weighted by molar-refractivity contribution is 7.92. The Labute approximate surface area is 156 Å². The molecule has 1 atom stereocenters. The van der Waals surface area contributed by atoms with E-state index in [0.717, 1.165) is 18.4 Å². The van der Waals surface area contributed by atoms with Gasteiger partial charge in [0.15, 0.2) is 0 Å². The minimum Gasteiger partial charge on any atom is -0.350 e. The number of amides is 1. The number of aryl methyl sites for hydroxylation is 1. The summed E-state index contributed by atoms with van der Waals surface area (Å²) in [7, 11) is -2.18. The fourth-order valence-corrected chi connectivity index (χ4v) is 4.06. The number of carbonyl (C=O) groups is 1. The zero-order valence-electron chi connectivity index (χ0n) is 15.7. The molecule has 0 saturated carbocycles. The van der Waals surface area contributed by atoms with Gasteiger partial charge < -0.3 is 5.32 Å². The lowest BCUT2D eigenvalue weighted by molar-refractivity contribution is 0.0938. The fourth-order valence-electron chi connectivity index (χ4n) is 2.78. The van der Waals surface area contributed by atoms with Crippen LogP contribution in [-0.2, 0) is 10.0 Å². The molecule has 0 aliphatic carbocycles. The average Bonchev–Trinajstić information content (AvgIpc) is 2.62. The van der Waals surface area contributed by atoms with Gasteiger partial charge in [-0.3, -0.25) is 9.10 Å². The number of sulfonamides is 1. The minimum absolute atomic E-state index is 0.0723. The molecule has 140 valence electrons. The molecule has 2 aromatic rings. The lowest BCUT2D eigenvalue weighted by atomic mass is 10.1. The Morgan fingerprint density at radius 1 is 1.15 bits per heavy atom. The Morgan fingerprint density at radius 2 is 1.81 bits per heavy atom. The van der Waals surface area contributed by atoms with Crippen molar-refractivity contribution >= 4 is 21.6 Å². The number of benzene rings is 2. The van der Waals surface area contributed by atoms with Crippen LogP contribution >= 0.6 is 0 Å². The van der Waals surface area contributed by atoms with E-state index in [1.165, 1.54) is 11.4 Å². The predicted octanol–water partition coefficient (Wildman–Crippen LogP) is 3.74. The van der Waals surface area contributed by atoms with Crippen molar-refractivity contribution in [1.82, 2.24) is 5.32 Å². The smallest absolute Gasteiger partial charge is 0.264 e. The van der Waals surface area contributed by atoms with Gasteiger partial charge in [0.05, 0.1) is 10.6 Å². The number of nitrogens with one attached hydrogen (secondary N) is 1. The van der Waals surface area contributed by atoms with Crippen molar-refractivity contribution in [2.75, 3.05) is 11.4 Å². The van der Waals surface area contributed by atoms with E-state index in [0.29, 0.717) is 11.3 Å². The highest BCUT2D eigenvalue weighted by Crippen LogP contribution is 2.26. The first-order chi connectivity index (χ1) is 12.3. The van der Waals surface area contributed by atoms with Gasteiger partial charge >= 0.3 is 0 Å². The summed E-state index contributed by atoms with van der Waals surface area (Å²) in [6, 6.07) is 13.5. The van der Waals surface area contributed by atoms with Crippen LogP contribution in [0.25, 0.3) is 0 Å². The zero-order chi connectivity index (χ0) is 19.3. The van der Waals surface area contributed by atoms with Gasteiger partial charge in [-0.1, -0.05) is 37.6 Å². The summed E-state index contributed by atoms with van der Waals surface area (Å²) < 4.78 is 26.9. The summed E-state index contributed by atoms with van der Waals surface area (Å²) in [5, 5.41) is 2.95. The van der Waals surface area contributed by atoms with E-state index in [4.69, 9.17) is 0 Å². The summed E-state index contributed by atoms with van der Waals surface area (Å²) in [6.07, 6.45) is 1.88. The molecule has 6 heteroatoms. The molecule has 2 aromatic carbocycles. The van der Waals surface area contributed by atoms with Gasteiger partial charge in [0.25, 0.3) is 15.9 Å². The largest absolute Gasteiger partial charge is 0.350 e. The van der Waals surface area contributed by atoms with Crippen LogP contribution in [0.4, 0.5) is 5.69 Å². The van der Waals surface area contributed by atoms with Gasteiger partial charge in [0.1, 0.15) is 0 Å². The molecule has 0 aliphatic heterocycles. The highest BCUT2D eigenvalue weighted by atomic mass is 32.2. The van der Waals surface area contributed by atoms with Crippen molar-refractivity contribution in [2.24, 2.45) is 0 Å². The normalized spacial score (nSPS) is 12.5. The highest BCUT2D eigenvalue weighted by Gasteiger charge is 2.23. The molecular formula is C20H26N2O3S. The second-order valence-electron chi connectivity index (χ2n) is 6.45. The van der Waals surface area contributed by atoms with Crippen molar-refractivity contribution in [2.45, 2.75) is 44.6 Å². The van der Waals surface area contributed by atoms with Gasteiger partial charge in [0.2, 0.25) is 0 Å². The summed E-state index contributed by atoms with van der Waals surface area (Å²) in [4.78, 5) is 12.7. The van der Waals surface area contributed by atoms with E-state index in [9.17, 15) is 13.2 Å². The van der Waals surface area contributed by atoms with E-state index >= 15 is 0 Å². The Morgan fingerprint density at radius 3 is 2.42 bits per heavy atom. The maximum absolute atomic E-state index is 12.9. The molecular weight excluding hydrogens is 348 g/mol. The standard InChI is InChI=1S/C20H26N2O3S/c1-5-9-16(3)21-20(23)17-13-12-15(2)19(14-17)22(4)26(24,25)18-10-7-6-8-11-18/h6-8,10-14,16H,5,9H2,1-4H3,(H,21,23). The molecule has 0 aromatic heterocycles. The Balaban J connectivity index is 2.33. The second-order valence-corrected chi connectivity index (χ2v) is 8.42. The maximum atomic E-state index is 12.9. The number of carbonyl (C=O) groups excluding carboxylic acids is 1. The molecule has 0 saturated heterocycles. The molecule has 0 fully saturated rings. The molecule has 0 spiro atoms. The van der Waals surface area contributed by atoms with Crippen LogP contribution < -0.4 is 9.62 Å². The van der Waals surface area contributed by atoms with Crippen LogP contribution in [0.15, 0.2) is 53.4 Å². The predicted molar refractivity (Wildman–Crippen MR) is 105 cm³/mol. The van der Waals surface area contributed by atoms with Crippen LogP contribution in [0, 0.1) is 6.92 Å². The lowest BCUT2D eigenvalue weighted by Crippen LogP contribution is -2.33. The first-order valence-corrected chi connectivity index (χ1v) is 10.2. The third-order valence-corrected chi connectivity index (χ3v) is 6.10. The second kappa shape index (κ2) is 8.36. The van der Waals surface area contributed by atoms with Crippen LogP contribution in [0.5, 0.6) is 0 Å². The lowest BCUT2D eigenvalue weighted by Gasteiger charge is -2.22. The van der Waals surface area contributed by atoms with Crippen molar-refractivity contribution < 1.29 is 13.2 Å². The van der Waals surface area contributed by atoms with E-state index in [-0.39, 0.29) is 16.8 Å². The van der Waals surface area contributed by atoms with Crippen molar-refractivity contribution in [1.29, 1.82) is 0 Å². The Bertz CT molecular complexity index is 864. The van der Waals surface area contributed by atoms with Gasteiger partial charge in [-0.2, -0.15) is 0 Å². The Kier molecular flexibility index (Phi) is 6.42. The monoisotopic (exact) mass is 374 g/mol. The van der Waals surface area contributed by atoms with E-state index in [1.807, 2.05) is 13.8 Å². The van der Waals surface area contributed by atoms with E-state index < -0.39 is 10.0 Å². The van der Waals surface area contributed by atoms with Crippen LogP contribution in [0.3, 0.4) is 0 Å². The van der Waals surface area contributed by atoms with Crippen molar-refractivity contribution in [3.8, 4) is 0 Å². The molecule has 1 amide bonds. The molecule has 1 N–H and O–H groups in total. The first-order valence-electron chi connectivity index (χ1n) is 8.73. The average molecular weight is 375 g/mol. The minimum atomic E-state index is -3.69. The van der Waals surface area contributed by atoms with E-state index in [2.05, 4.69) is 12.2 Å². The van der Waals surface area contributed by atoms with Crippen molar-refractivity contribution in [3.63, 3.8) is 0 Å². The Hall–Kier alpha value is -2.34. The third-order valence-electron chi connectivity index (χ3n) is 4.31. The zero-order valence-corrected chi connectivity index (χ0v) is 16.5. The summed E-state index contributed by atoms with van der Waals surface area (Å²) in [5.74, 6) is -0.197. The van der Waals surface area contributed by atoms with Crippen LogP contribution in [0.1, 0.15) is 42.6 Å². The topological polar surface area (TPSA) is 66.5 Å². The molecule has 5 nitrogen and oxygen atoms in total. The van der Waals surface area contributed by atoms with Gasteiger partial charge in [0, 0.05) is 18.7 Å². The first kappa shape index (κ1) is 20.0. The molecule has 0 radical (unpaired) electrons. The molecule has 0 aliphatic rings. The van der Waals surface area contributed by atoms with E-state index in [1.54, 1.807) is 48.5 Å². The van der Waals surface area contributed by atoms with Crippen LogP contribution in [0.2, 0.25) is 0 Å². The van der Waals surface area contributed by atoms with Crippen LogP contribution in [-0.4, -0.2) is 27.4 Å². The van der Waals surface area contributed by atoms with Gasteiger partial charge in [-0.05, 0) is 50.1 Å². The summed E-state index contributed by atoms with van der Waals surface area (Å²) in [5.41, 5.74) is 1.72. The van der Waals surface area contributed by atoms with Gasteiger partial charge in [-0.15, -0.1) is 0 Å². The molecule has 0 heterocycles. The summed E-state index contributed by atoms with van der Waals surface area (Å²) >= 11 is 0. The number of rotatable bonds is 7. The molecule has 1 unspecified atom stereocenters. The third kappa shape index (κ3) is 4.43. The fraction of sp³-hybridized carbons (Fsp3) is 0.350. The molecule has 2 rings (SSSR count). The number of nitrogens with zero attached hydrogens (tertiary/aromatic N) is 1. The number of hydrogen-bond acceptors (Lipinski definition) is 3. The number of anilines is 1. The quantitative estimate of drug-likeness (QED) is 0.803. The molecule has 26 heavy (non-hydrogen) atoms. The van der Waals surface area contributed by atoms with Gasteiger partial charge in [-0.25, -0.2) is 8.42 Å². The number of hydrogen-bond donors (Lipinski definition) is 1. The summed E-state index contributed by atoms with van der Waals surface area (Å²) in [6.45, 7) is 5.85.